The van der Waals surface area contributed by atoms with Gasteiger partial charge in [0.15, 0.2) is 11.5 Å². The standard InChI is InChI=1S/C22H31N3O3/c26-22(18-3-1-4-18)25-8-2-5-19(15-25)24-11-9-23(10-12-24)14-17-6-7-20-21(13-17)28-16-27-20/h6-7,13,18-19H,1-5,8-12,14-16H2/t19-/m1/s1. The zero-order valence-corrected chi connectivity index (χ0v) is 16.6. The van der Waals surface area contributed by atoms with Crippen LogP contribution in [0.5, 0.6) is 11.5 Å². The summed E-state index contributed by atoms with van der Waals surface area (Å²) in [5.74, 6) is 2.48. The summed E-state index contributed by atoms with van der Waals surface area (Å²) in [6, 6.07) is 6.82. The molecule has 0 unspecified atom stereocenters. The fourth-order valence-electron chi connectivity index (χ4n) is 4.95. The minimum absolute atomic E-state index is 0.331. The van der Waals surface area contributed by atoms with Gasteiger partial charge in [-0.2, -0.15) is 0 Å². The highest BCUT2D eigenvalue weighted by Crippen LogP contribution is 2.33. The number of amides is 1. The van der Waals surface area contributed by atoms with Gasteiger partial charge in [-0.25, -0.2) is 0 Å². The number of likely N-dealkylation sites (tertiary alicyclic amines) is 1. The maximum absolute atomic E-state index is 12.6. The van der Waals surface area contributed by atoms with Crippen LogP contribution in [0.3, 0.4) is 0 Å². The van der Waals surface area contributed by atoms with Crippen LogP contribution in [0.2, 0.25) is 0 Å². The lowest BCUT2D eigenvalue weighted by Crippen LogP contribution is -2.56. The zero-order chi connectivity index (χ0) is 18.9. The van der Waals surface area contributed by atoms with Gasteiger partial charge < -0.3 is 14.4 Å². The molecule has 3 aliphatic heterocycles. The largest absolute Gasteiger partial charge is 0.454 e. The molecule has 152 valence electrons. The van der Waals surface area contributed by atoms with Crippen LogP contribution in [0.25, 0.3) is 0 Å². The number of fused-ring (bicyclic) bond motifs is 1. The molecule has 3 fully saturated rings. The Balaban J connectivity index is 1.12. The van der Waals surface area contributed by atoms with E-state index in [1.54, 1.807) is 0 Å². The molecule has 0 spiro atoms. The molecule has 4 aliphatic rings. The van der Waals surface area contributed by atoms with E-state index in [9.17, 15) is 4.79 Å². The second kappa shape index (κ2) is 7.91. The van der Waals surface area contributed by atoms with Crippen LogP contribution in [0, 0.1) is 5.92 Å². The molecule has 0 N–H and O–H groups in total. The van der Waals surface area contributed by atoms with Gasteiger partial charge in [-0.05, 0) is 43.4 Å². The van der Waals surface area contributed by atoms with E-state index in [0.717, 1.165) is 76.6 Å². The molecule has 1 aliphatic carbocycles. The number of piperidine rings is 1. The van der Waals surface area contributed by atoms with Crippen molar-refractivity contribution in [1.82, 2.24) is 14.7 Å². The van der Waals surface area contributed by atoms with Crippen LogP contribution < -0.4 is 9.47 Å². The maximum Gasteiger partial charge on any atom is 0.231 e. The highest BCUT2D eigenvalue weighted by molar-refractivity contribution is 5.79. The Morgan fingerprint density at radius 3 is 2.57 bits per heavy atom. The molecule has 1 amide bonds. The lowest BCUT2D eigenvalue weighted by atomic mass is 9.84. The van der Waals surface area contributed by atoms with Crippen molar-refractivity contribution in [1.29, 1.82) is 0 Å². The molecule has 5 rings (SSSR count). The molecule has 1 atom stereocenters. The molecular formula is C22H31N3O3. The molecule has 2 saturated heterocycles. The number of hydrogen-bond acceptors (Lipinski definition) is 5. The second-order valence-electron chi connectivity index (χ2n) is 8.71. The van der Waals surface area contributed by atoms with Crippen LogP contribution in [0.15, 0.2) is 18.2 Å². The molecule has 1 saturated carbocycles. The number of carbonyl (C=O) groups is 1. The van der Waals surface area contributed by atoms with Crippen LogP contribution in [0.4, 0.5) is 0 Å². The first kappa shape index (κ1) is 18.3. The molecule has 6 heteroatoms. The molecule has 3 heterocycles. The summed E-state index contributed by atoms with van der Waals surface area (Å²) in [6.45, 7) is 7.57. The van der Waals surface area contributed by atoms with Gasteiger partial charge in [-0.1, -0.05) is 12.5 Å². The van der Waals surface area contributed by atoms with Gasteiger partial charge in [0.1, 0.15) is 0 Å². The fraction of sp³-hybridized carbons (Fsp3) is 0.682. The van der Waals surface area contributed by atoms with Crippen molar-refractivity contribution in [2.45, 2.75) is 44.7 Å². The first-order valence-electron chi connectivity index (χ1n) is 10.9. The number of benzene rings is 1. The number of piperazine rings is 1. The lowest BCUT2D eigenvalue weighted by Gasteiger charge is -2.44. The van der Waals surface area contributed by atoms with Gasteiger partial charge in [0.2, 0.25) is 12.7 Å². The van der Waals surface area contributed by atoms with Gasteiger partial charge in [-0.3, -0.25) is 14.6 Å². The molecule has 0 radical (unpaired) electrons. The number of carbonyl (C=O) groups excluding carboxylic acids is 1. The molecule has 6 nitrogen and oxygen atoms in total. The van der Waals surface area contributed by atoms with Crippen molar-refractivity contribution in [2.24, 2.45) is 5.92 Å². The first-order valence-corrected chi connectivity index (χ1v) is 10.9. The quantitative estimate of drug-likeness (QED) is 0.796. The molecule has 0 bridgehead atoms. The highest BCUT2D eigenvalue weighted by Gasteiger charge is 2.34. The minimum atomic E-state index is 0.331. The van der Waals surface area contributed by atoms with Crippen molar-refractivity contribution in [3.63, 3.8) is 0 Å². The van der Waals surface area contributed by atoms with E-state index < -0.39 is 0 Å². The molecule has 1 aromatic rings. The van der Waals surface area contributed by atoms with E-state index in [-0.39, 0.29) is 0 Å². The summed E-state index contributed by atoms with van der Waals surface area (Å²) in [6.07, 6.45) is 5.84. The highest BCUT2D eigenvalue weighted by atomic mass is 16.7. The van der Waals surface area contributed by atoms with E-state index in [4.69, 9.17) is 9.47 Å². The number of nitrogens with zero attached hydrogens (tertiary/aromatic N) is 3. The average Bonchev–Trinajstić information content (AvgIpc) is 3.15. The fourth-order valence-corrected chi connectivity index (χ4v) is 4.95. The van der Waals surface area contributed by atoms with Crippen molar-refractivity contribution >= 4 is 5.91 Å². The normalized spacial score (nSPS) is 26.3. The van der Waals surface area contributed by atoms with Crippen LogP contribution >= 0.6 is 0 Å². The monoisotopic (exact) mass is 385 g/mol. The van der Waals surface area contributed by atoms with E-state index >= 15 is 0 Å². The van der Waals surface area contributed by atoms with Crippen molar-refractivity contribution in [3.05, 3.63) is 23.8 Å². The van der Waals surface area contributed by atoms with Gasteiger partial charge in [0, 0.05) is 57.8 Å². The van der Waals surface area contributed by atoms with E-state index in [1.807, 2.05) is 6.07 Å². The third kappa shape index (κ3) is 3.72. The Morgan fingerprint density at radius 1 is 0.964 bits per heavy atom. The van der Waals surface area contributed by atoms with Crippen molar-refractivity contribution in [3.8, 4) is 11.5 Å². The second-order valence-corrected chi connectivity index (χ2v) is 8.71. The van der Waals surface area contributed by atoms with Gasteiger partial charge in [-0.15, -0.1) is 0 Å². The average molecular weight is 386 g/mol. The van der Waals surface area contributed by atoms with Crippen molar-refractivity contribution < 1.29 is 14.3 Å². The smallest absolute Gasteiger partial charge is 0.231 e. The summed E-state index contributed by atoms with van der Waals surface area (Å²) in [4.78, 5) is 19.9. The molecule has 28 heavy (non-hydrogen) atoms. The number of rotatable bonds is 4. The maximum atomic E-state index is 12.6. The topological polar surface area (TPSA) is 45.3 Å². The van der Waals surface area contributed by atoms with Crippen LogP contribution in [0.1, 0.15) is 37.7 Å². The molecule has 1 aromatic carbocycles. The van der Waals surface area contributed by atoms with E-state index in [2.05, 4.69) is 26.8 Å². The van der Waals surface area contributed by atoms with Gasteiger partial charge >= 0.3 is 0 Å². The van der Waals surface area contributed by atoms with E-state index in [1.165, 1.54) is 18.4 Å². The zero-order valence-electron chi connectivity index (χ0n) is 16.6. The third-order valence-corrected chi connectivity index (χ3v) is 6.93. The predicted molar refractivity (Wildman–Crippen MR) is 106 cm³/mol. The SMILES string of the molecule is O=C(C1CCC1)N1CCC[C@@H](N2CCN(Cc3ccc4c(c3)OCO4)CC2)C1. The van der Waals surface area contributed by atoms with Crippen molar-refractivity contribution in [2.75, 3.05) is 46.1 Å². The third-order valence-electron chi connectivity index (χ3n) is 6.93. The molecule has 0 aromatic heterocycles. The molecular weight excluding hydrogens is 354 g/mol. The van der Waals surface area contributed by atoms with Crippen LogP contribution in [-0.4, -0.2) is 72.7 Å². The Morgan fingerprint density at radius 2 is 1.79 bits per heavy atom. The summed E-state index contributed by atoms with van der Waals surface area (Å²) in [5, 5.41) is 0. The Kier molecular flexibility index (Phi) is 5.16. The van der Waals surface area contributed by atoms with E-state index in [0.29, 0.717) is 24.7 Å². The predicted octanol–water partition coefficient (Wildman–Crippen LogP) is 2.32. The Bertz CT molecular complexity index is 713. The van der Waals surface area contributed by atoms with Gasteiger partial charge in [0.25, 0.3) is 0 Å². The number of hydrogen-bond donors (Lipinski definition) is 0. The summed E-state index contributed by atoms with van der Waals surface area (Å²) < 4.78 is 10.9. The summed E-state index contributed by atoms with van der Waals surface area (Å²) >= 11 is 0. The van der Waals surface area contributed by atoms with Crippen LogP contribution in [-0.2, 0) is 11.3 Å². The Hall–Kier alpha value is -1.79. The summed E-state index contributed by atoms with van der Waals surface area (Å²) in [5.41, 5.74) is 1.28. The Labute approximate surface area is 167 Å². The number of ether oxygens (including phenoxy) is 2. The minimum Gasteiger partial charge on any atom is -0.454 e. The summed E-state index contributed by atoms with van der Waals surface area (Å²) in [7, 11) is 0. The lowest BCUT2D eigenvalue weighted by molar-refractivity contribution is -0.140. The van der Waals surface area contributed by atoms with Gasteiger partial charge in [0.05, 0.1) is 0 Å². The first-order chi connectivity index (χ1) is 13.8.